The van der Waals surface area contributed by atoms with Crippen molar-refractivity contribution in [2.24, 2.45) is 5.73 Å². The van der Waals surface area contributed by atoms with Gasteiger partial charge in [-0.15, -0.1) is 0 Å². The Labute approximate surface area is 322 Å². The summed E-state index contributed by atoms with van der Waals surface area (Å²) in [6.45, 7) is 3.00. The second kappa shape index (κ2) is 15.1. The Morgan fingerprint density at radius 1 is 0.778 bits per heavy atom. The number of nitrogens with zero attached hydrogens (tertiary/aromatic N) is 4. The maximum absolute atomic E-state index is 14.1. The summed E-state index contributed by atoms with van der Waals surface area (Å²) < 4.78 is 1.00. The Morgan fingerprint density at radius 2 is 1.37 bits per heavy atom. The molecule has 0 bridgehead atoms. The molecule has 4 fully saturated rings. The summed E-state index contributed by atoms with van der Waals surface area (Å²) in [6, 6.07) is 15.9. The van der Waals surface area contributed by atoms with E-state index in [1.807, 2.05) is 26.8 Å². The van der Waals surface area contributed by atoms with Crippen LogP contribution in [0.25, 0.3) is 21.8 Å². The van der Waals surface area contributed by atoms with Crippen molar-refractivity contribution < 1.29 is 19.2 Å². The van der Waals surface area contributed by atoms with Crippen LogP contribution in [0.5, 0.6) is 0 Å². The van der Waals surface area contributed by atoms with E-state index in [9.17, 15) is 19.2 Å². The van der Waals surface area contributed by atoms with Crippen molar-refractivity contribution in [3.63, 3.8) is 0 Å². The smallest absolute Gasteiger partial charge is 0.318 e. The average molecular weight is 802 g/mol. The number of urea groups is 4. The lowest BCUT2D eigenvalue weighted by Gasteiger charge is -2.39. The van der Waals surface area contributed by atoms with Crippen molar-refractivity contribution in [2.45, 2.75) is 88.1 Å². The first-order chi connectivity index (χ1) is 26.1. The van der Waals surface area contributed by atoms with Gasteiger partial charge in [0, 0.05) is 83.5 Å². The highest BCUT2D eigenvalue weighted by Crippen LogP contribution is 2.47. The van der Waals surface area contributed by atoms with Crippen LogP contribution in [0, 0.1) is 0 Å². The number of benzene rings is 2. The van der Waals surface area contributed by atoms with E-state index in [0.29, 0.717) is 39.3 Å². The zero-order valence-corrected chi connectivity index (χ0v) is 32.2. The topological polar surface area (TPSA) is 175 Å². The van der Waals surface area contributed by atoms with Crippen molar-refractivity contribution in [3.05, 3.63) is 70.0 Å². The number of aromatic nitrogens is 2. The molecule has 2 saturated heterocycles. The maximum Gasteiger partial charge on any atom is 0.318 e. The number of primary amides is 1. The van der Waals surface area contributed by atoms with Crippen molar-refractivity contribution >= 4 is 61.9 Å². The van der Waals surface area contributed by atoms with E-state index >= 15 is 0 Å². The van der Waals surface area contributed by atoms with E-state index < -0.39 is 6.03 Å². The van der Waals surface area contributed by atoms with E-state index in [4.69, 9.17) is 5.73 Å². The lowest BCUT2D eigenvalue weighted by molar-refractivity contribution is 0.115. The number of H-pyrrole nitrogens is 2. The van der Waals surface area contributed by atoms with E-state index in [1.54, 1.807) is 11.9 Å². The van der Waals surface area contributed by atoms with Gasteiger partial charge in [0.05, 0.1) is 25.2 Å². The molecule has 2 aliphatic heterocycles. The third-order valence-electron chi connectivity index (χ3n) is 11.5. The number of aromatic amines is 2. The largest absolute Gasteiger partial charge is 0.357 e. The Kier molecular flexibility index (Phi) is 10.1. The molecule has 2 saturated carbocycles. The molecule has 2 aliphatic carbocycles. The fourth-order valence-electron chi connectivity index (χ4n) is 8.64. The summed E-state index contributed by atoms with van der Waals surface area (Å²) in [7, 11) is 1.64. The van der Waals surface area contributed by atoms with Crippen LogP contribution in [0.15, 0.2) is 53.0 Å². The molecule has 8 amide bonds. The SMILES string of the molecule is CNC(=O)N1CCC[C@@H](N(C(=O)NCc2cc3cc(Br)ccc3[nH]2)C2CC2c2ccc3[nH]c(CNC(=O)N(C4CC4)[C@@H]4CCCN(C(N)=O)C4)cc3c2)C1. The quantitative estimate of drug-likeness (QED) is 0.131. The number of piperidine rings is 2. The number of nitrogens with two attached hydrogens (primary N) is 1. The van der Waals surface area contributed by atoms with Gasteiger partial charge >= 0.3 is 24.1 Å². The van der Waals surface area contributed by atoms with Gasteiger partial charge in [-0.05, 0) is 98.4 Å². The molecule has 4 aliphatic rings. The van der Waals surface area contributed by atoms with Crippen LogP contribution in [-0.2, 0) is 13.1 Å². The number of fused-ring (bicyclic) bond motifs is 2. The van der Waals surface area contributed by atoms with Gasteiger partial charge in [-0.3, -0.25) is 0 Å². The summed E-state index contributed by atoms with van der Waals surface area (Å²) in [5.41, 5.74) is 10.6. The predicted octanol–water partition coefficient (Wildman–Crippen LogP) is 5.50. The zero-order valence-electron chi connectivity index (χ0n) is 30.6. The van der Waals surface area contributed by atoms with Crippen LogP contribution in [-0.4, -0.2) is 111 Å². The normalized spacial score (nSPS) is 22.6. The first kappa shape index (κ1) is 36.1. The molecule has 4 heterocycles. The van der Waals surface area contributed by atoms with Crippen LogP contribution < -0.4 is 21.7 Å². The summed E-state index contributed by atoms with van der Waals surface area (Å²) >= 11 is 3.54. The standard InChI is InChI=1S/C39H49BrN10O4/c1-42-37(52)48-13-3-5-31(22-48)50(39(54)44-20-28-17-25-15-26(40)7-11-34(25)46-28)35-18-32(35)23-6-10-33-24(14-23)16-27(45-33)19-43-38(53)49(29-8-9-29)30-4-2-12-47(21-30)36(41)51/h6-7,10-11,14-17,29-32,35,45-46H,2-5,8-9,12-13,18-22H2,1H3,(H2,41,51)(H,42,52)(H,43,53)(H,44,54)/t30-,31-,32?,35?/m1/s1. The molecular formula is C39H49BrN10O4. The molecule has 2 aromatic heterocycles. The molecule has 4 atom stereocenters. The van der Waals surface area contributed by atoms with Gasteiger partial charge in [0.2, 0.25) is 0 Å². The van der Waals surface area contributed by atoms with Gasteiger partial charge in [-0.2, -0.15) is 0 Å². The average Bonchev–Trinajstić information content (AvgIpc) is 4.09. The lowest BCUT2D eigenvalue weighted by atomic mass is 10.0. The first-order valence-electron chi connectivity index (χ1n) is 19.2. The zero-order chi connectivity index (χ0) is 37.5. The van der Waals surface area contributed by atoms with E-state index in [-0.39, 0.29) is 48.2 Å². The van der Waals surface area contributed by atoms with Crippen LogP contribution in [0.2, 0.25) is 0 Å². The number of hydrogen-bond acceptors (Lipinski definition) is 4. The second-order valence-corrected chi connectivity index (χ2v) is 16.2. The molecule has 8 rings (SSSR count). The summed E-state index contributed by atoms with van der Waals surface area (Å²) in [4.78, 5) is 66.3. The van der Waals surface area contributed by atoms with Gasteiger partial charge in [0.1, 0.15) is 0 Å². The Hall–Kier alpha value is -4.92. The van der Waals surface area contributed by atoms with Crippen LogP contribution in [0.3, 0.4) is 0 Å². The summed E-state index contributed by atoms with van der Waals surface area (Å²) in [5.74, 6) is 0.168. The molecule has 15 heteroatoms. The number of amides is 8. The van der Waals surface area contributed by atoms with Crippen molar-refractivity contribution in [1.29, 1.82) is 0 Å². The monoisotopic (exact) mass is 800 g/mol. The molecule has 286 valence electrons. The van der Waals surface area contributed by atoms with Gasteiger partial charge in [-0.1, -0.05) is 22.0 Å². The van der Waals surface area contributed by atoms with Crippen molar-refractivity contribution in [2.75, 3.05) is 33.2 Å². The van der Waals surface area contributed by atoms with E-state index in [2.05, 4.69) is 78.2 Å². The lowest BCUT2D eigenvalue weighted by Crippen LogP contribution is -2.56. The molecule has 7 N–H and O–H groups in total. The number of halogens is 1. The fourth-order valence-corrected chi connectivity index (χ4v) is 9.02. The summed E-state index contributed by atoms with van der Waals surface area (Å²) in [5, 5.41) is 11.2. The fraction of sp³-hybridized carbons (Fsp3) is 0.487. The van der Waals surface area contributed by atoms with E-state index in [1.165, 1.54) is 0 Å². The van der Waals surface area contributed by atoms with Gasteiger partial charge in [0.25, 0.3) is 0 Å². The number of rotatable bonds is 9. The Bertz CT molecular complexity index is 2060. The second-order valence-electron chi connectivity index (χ2n) is 15.3. The minimum Gasteiger partial charge on any atom is -0.357 e. The molecule has 4 aromatic rings. The highest BCUT2D eigenvalue weighted by atomic mass is 79.9. The van der Waals surface area contributed by atoms with Crippen LogP contribution in [0.4, 0.5) is 19.2 Å². The highest BCUT2D eigenvalue weighted by molar-refractivity contribution is 9.10. The molecule has 0 spiro atoms. The highest BCUT2D eigenvalue weighted by Gasteiger charge is 2.48. The third kappa shape index (κ3) is 7.68. The molecule has 2 aromatic carbocycles. The van der Waals surface area contributed by atoms with Gasteiger partial charge < -0.3 is 51.3 Å². The molecule has 2 unspecified atom stereocenters. The molecule has 54 heavy (non-hydrogen) atoms. The van der Waals surface area contributed by atoms with E-state index in [0.717, 1.165) is 88.2 Å². The molecule has 14 nitrogen and oxygen atoms in total. The maximum atomic E-state index is 14.1. The minimum absolute atomic E-state index is 0.00661. The number of nitrogens with one attached hydrogen (secondary N) is 5. The van der Waals surface area contributed by atoms with Crippen LogP contribution in [0.1, 0.15) is 67.8 Å². The predicted molar refractivity (Wildman–Crippen MR) is 210 cm³/mol. The van der Waals surface area contributed by atoms with Crippen LogP contribution >= 0.6 is 15.9 Å². The number of carbonyl (C=O) groups excluding carboxylic acids is 4. The Morgan fingerprint density at radius 3 is 2.02 bits per heavy atom. The number of hydrogen-bond donors (Lipinski definition) is 6. The van der Waals surface area contributed by atoms with Crippen molar-refractivity contribution in [1.82, 2.24) is 45.5 Å². The minimum atomic E-state index is -0.432. The summed E-state index contributed by atoms with van der Waals surface area (Å²) in [6.07, 6.45) is 6.15. The van der Waals surface area contributed by atoms with Gasteiger partial charge in [0.15, 0.2) is 0 Å². The van der Waals surface area contributed by atoms with Crippen molar-refractivity contribution in [3.8, 4) is 0 Å². The van der Waals surface area contributed by atoms with Gasteiger partial charge in [-0.25, -0.2) is 19.2 Å². The first-order valence-corrected chi connectivity index (χ1v) is 20.0. The molecule has 0 radical (unpaired) electrons. The Balaban J connectivity index is 0.944. The number of carbonyl (C=O) groups is 4. The molecular weight excluding hydrogens is 752 g/mol. The third-order valence-corrected chi connectivity index (χ3v) is 12.0. The number of likely N-dealkylation sites (tertiary alicyclic amines) is 2.